The van der Waals surface area contributed by atoms with Gasteiger partial charge in [0.25, 0.3) is 6.43 Å². The Morgan fingerprint density at radius 1 is 1.50 bits per heavy atom. The third kappa shape index (κ3) is 3.30. The van der Waals surface area contributed by atoms with Gasteiger partial charge in [0.1, 0.15) is 5.75 Å². The van der Waals surface area contributed by atoms with Crippen LogP contribution in [0.2, 0.25) is 0 Å². The molecule has 1 unspecified atom stereocenters. The molecule has 7 heteroatoms. The first-order valence-corrected chi connectivity index (χ1v) is 7.86. The molecule has 1 aromatic carbocycles. The second-order valence-electron chi connectivity index (χ2n) is 4.30. The monoisotopic (exact) mass is 457 g/mol. The van der Waals surface area contributed by atoms with Crippen molar-refractivity contribution in [2.75, 3.05) is 6.54 Å². The van der Waals surface area contributed by atoms with Crippen molar-refractivity contribution >= 4 is 50.1 Å². The number of halogens is 4. The van der Waals surface area contributed by atoms with Crippen LogP contribution >= 0.6 is 38.5 Å². The summed E-state index contributed by atoms with van der Waals surface area (Å²) >= 11 is 5.24. The number of allylic oxidation sites excluding steroid dienone is 1. The van der Waals surface area contributed by atoms with E-state index >= 15 is 0 Å². The minimum Gasteiger partial charge on any atom is -0.508 e. The van der Waals surface area contributed by atoms with Crippen LogP contribution in [0.15, 0.2) is 28.7 Å². The second-order valence-corrected chi connectivity index (χ2v) is 6.65. The van der Waals surface area contributed by atoms with E-state index in [0.717, 1.165) is 4.90 Å². The lowest BCUT2D eigenvalue weighted by molar-refractivity contribution is -0.128. The van der Waals surface area contributed by atoms with Gasteiger partial charge in [-0.3, -0.25) is 4.79 Å². The lowest BCUT2D eigenvalue weighted by Gasteiger charge is -2.31. The van der Waals surface area contributed by atoms with Crippen LogP contribution < -0.4 is 0 Å². The number of benzene rings is 1. The molecule has 1 heterocycles. The van der Waals surface area contributed by atoms with Gasteiger partial charge in [0, 0.05) is 15.7 Å². The number of alkyl halides is 3. The van der Waals surface area contributed by atoms with Gasteiger partial charge in [-0.1, -0.05) is 28.7 Å². The minimum atomic E-state index is -2.60. The van der Waals surface area contributed by atoms with Gasteiger partial charge in [0.2, 0.25) is 5.91 Å². The Labute approximate surface area is 136 Å². The van der Waals surface area contributed by atoms with E-state index in [-0.39, 0.29) is 15.6 Å². The molecule has 20 heavy (non-hydrogen) atoms. The maximum atomic E-state index is 12.7. The second kappa shape index (κ2) is 6.38. The molecular weight excluding hydrogens is 447 g/mol. The first kappa shape index (κ1) is 15.7. The summed E-state index contributed by atoms with van der Waals surface area (Å²) in [5.74, 6) is -0.251. The maximum absolute atomic E-state index is 12.7. The van der Waals surface area contributed by atoms with Crippen molar-refractivity contribution in [2.45, 2.75) is 16.8 Å². The summed E-state index contributed by atoms with van der Waals surface area (Å²) < 4.78 is 25.6. The van der Waals surface area contributed by atoms with Gasteiger partial charge in [0.15, 0.2) is 0 Å². The molecule has 1 N–H and O–H groups in total. The molecular formula is C13H11BrF2INO2. The summed E-state index contributed by atoms with van der Waals surface area (Å²) in [6.07, 6.45) is -0.320. The highest BCUT2D eigenvalue weighted by molar-refractivity contribution is 14.1. The van der Waals surface area contributed by atoms with Gasteiger partial charge in [-0.25, -0.2) is 8.78 Å². The average Bonchev–Trinajstić information content (AvgIpc) is 2.36. The van der Waals surface area contributed by atoms with Crippen molar-refractivity contribution < 1.29 is 18.7 Å². The quantitative estimate of drug-likeness (QED) is 0.554. The van der Waals surface area contributed by atoms with E-state index in [0.29, 0.717) is 22.2 Å². The lowest BCUT2D eigenvalue weighted by Crippen LogP contribution is -2.40. The number of phenols is 1. The number of rotatable bonds is 3. The zero-order valence-corrected chi connectivity index (χ0v) is 13.9. The maximum Gasteiger partial charge on any atom is 0.256 e. The van der Waals surface area contributed by atoms with Crippen LogP contribution in [0.3, 0.4) is 0 Å². The third-order valence-corrected chi connectivity index (χ3v) is 4.59. The van der Waals surface area contributed by atoms with Gasteiger partial charge in [-0.2, -0.15) is 0 Å². The van der Waals surface area contributed by atoms with E-state index in [1.54, 1.807) is 12.1 Å². The van der Waals surface area contributed by atoms with Gasteiger partial charge < -0.3 is 10.0 Å². The van der Waals surface area contributed by atoms with E-state index in [2.05, 4.69) is 15.9 Å². The van der Waals surface area contributed by atoms with Crippen LogP contribution in [-0.4, -0.2) is 32.8 Å². The summed E-state index contributed by atoms with van der Waals surface area (Å²) in [7, 11) is 0. The summed E-state index contributed by atoms with van der Waals surface area (Å²) in [6, 6.07) is 4.53. The van der Waals surface area contributed by atoms with Gasteiger partial charge in [-0.15, -0.1) is 0 Å². The normalized spacial score (nSPS) is 19.4. The van der Waals surface area contributed by atoms with E-state index in [4.69, 9.17) is 0 Å². The van der Waals surface area contributed by atoms with Crippen LogP contribution in [0.5, 0.6) is 5.75 Å². The smallest absolute Gasteiger partial charge is 0.256 e. The molecule has 1 atom stereocenters. The Balaban J connectivity index is 2.43. The van der Waals surface area contributed by atoms with Crippen molar-refractivity contribution in [2.24, 2.45) is 0 Å². The highest BCUT2D eigenvalue weighted by Gasteiger charge is 2.31. The largest absolute Gasteiger partial charge is 0.508 e. The predicted molar refractivity (Wildman–Crippen MR) is 83.9 cm³/mol. The van der Waals surface area contributed by atoms with E-state index < -0.39 is 13.0 Å². The lowest BCUT2D eigenvalue weighted by atomic mass is 10.0. The minimum absolute atomic E-state index is 0.0653. The van der Waals surface area contributed by atoms with Crippen molar-refractivity contribution in [1.82, 2.24) is 4.90 Å². The standard InChI is InChI=1S/C13H11BrF2INO2/c14-9-5-7(19)1-2-8(9)11-4-3-10(17)13(20)18(11)6-12(15)16/h1-2,4-5,10,12,19H,3,6H2. The Morgan fingerprint density at radius 3 is 2.80 bits per heavy atom. The third-order valence-electron chi connectivity index (χ3n) is 2.89. The molecule has 0 radical (unpaired) electrons. The Morgan fingerprint density at radius 2 is 2.20 bits per heavy atom. The van der Waals surface area contributed by atoms with Gasteiger partial charge >= 0.3 is 0 Å². The van der Waals surface area contributed by atoms with E-state index in [1.165, 1.54) is 12.1 Å². The van der Waals surface area contributed by atoms with E-state index in [1.807, 2.05) is 22.6 Å². The average molecular weight is 458 g/mol. The molecule has 108 valence electrons. The zero-order chi connectivity index (χ0) is 14.9. The van der Waals surface area contributed by atoms with Gasteiger partial charge in [-0.05, 0) is 40.5 Å². The molecule has 0 spiro atoms. The van der Waals surface area contributed by atoms with Crippen LogP contribution in [0, 0.1) is 0 Å². The molecule has 1 aliphatic heterocycles. The number of hydrogen-bond acceptors (Lipinski definition) is 2. The fourth-order valence-electron chi connectivity index (χ4n) is 2.01. The highest BCUT2D eigenvalue weighted by atomic mass is 127. The molecule has 0 fully saturated rings. The zero-order valence-electron chi connectivity index (χ0n) is 10.2. The highest BCUT2D eigenvalue weighted by Crippen LogP contribution is 2.34. The summed E-state index contributed by atoms with van der Waals surface area (Å²) in [5.41, 5.74) is 1.06. The SMILES string of the molecule is O=C1C(I)CC=C(c2ccc(O)cc2Br)N1CC(F)F. The van der Waals surface area contributed by atoms with Crippen molar-refractivity contribution in [1.29, 1.82) is 0 Å². The molecule has 3 nitrogen and oxygen atoms in total. The Bertz CT molecular complexity index is 565. The summed E-state index contributed by atoms with van der Waals surface area (Å²) in [4.78, 5) is 13.2. The van der Waals surface area contributed by atoms with Crippen LogP contribution in [0.4, 0.5) is 8.78 Å². The van der Waals surface area contributed by atoms with E-state index in [9.17, 15) is 18.7 Å². The molecule has 0 saturated carbocycles. The first-order valence-electron chi connectivity index (χ1n) is 5.82. The van der Waals surface area contributed by atoms with Crippen molar-refractivity contribution in [3.05, 3.63) is 34.3 Å². The summed E-state index contributed by atoms with van der Waals surface area (Å²) in [5, 5.41) is 9.39. The van der Waals surface area contributed by atoms with Crippen molar-refractivity contribution in [3.63, 3.8) is 0 Å². The molecule has 1 aliphatic rings. The molecule has 1 amide bonds. The van der Waals surface area contributed by atoms with Crippen molar-refractivity contribution in [3.8, 4) is 5.75 Å². The Kier molecular flexibility index (Phi) is 5.00. The van der Waals surface area contributed by atoms with Crippen LogP contribution in [0.25, 0.3) is 5.70 Å². The summed E-state index contributed by atoms with van der Waals surface area (Å²) in [6.45, 7) is -0.627. The number of carbonyl (C=O) groups is 1. The fraction of sp³-hybridized carbons (Fsp3) is 0.308. The number of phenolic OH excluding ortho intramolecular Hbond substituents is 1. The molecule has 0 bridgehead atoms. The molecule has 1 aromatic rings. The number of hydrogen-bond donors (Lipinski definition) is 1. The predicted octanol–water partition coefficient (Wildman–Crippen LogP) is 3.80. The number of aromatic hydroxyl groups is 1. The fourth-order valence-corrected chi connectivity index (χ4v) is 3.17. The Hall–Kier alpha value is -0.700. The molecule has 0 saturated heterocycles. The van der Waals surface area contributed by atoms with Crippen LogP contribution in [0.1, 0.15) is 12.0 Å². The molecule has 0 aromatic heterocycles. The topological polar surface area (TPSA) is 40.5 Å². The number of nitrogens with zero attached hydrogens (tertiary/aromatic N) is 1. The number of amides is 1. The molecule has 0 aliphatic carbocycles. The molecule has 2 rings (SSSR count). The van der Waals surface area contributed by atoms with Crippen LogP contribution in [-0.2, 0) is 4.79 Å². The van der Waals surface area contributed by atoms with Gasteiger partial charge in [0.05, 0.1) is 10.5 Å². The number of carbonyl (C=O) groups excluding carboxylic acids is 1. The first-order chi connectivity index (χ1) is 9.40.